The molecular weight excluding hydrogens is 484 g/mol. The summed E-state index contributed by atoms with van der Waals surface area (Å²) in [7, 11) is -3.18. The van der Waals surface area contributed by atoms with Gasteiger partial charge >= 0.3 is 0 Å². The third-order valence-electron chi connectivity index (χ3n) is 7.76. The summed E-state index contributed by atoms with van der Waals surface area (Å²) in [4.78, 5) is 18.2. The fraction of sp³-hybridized carbons (Fsp3) is 0.483. The number of H-pyrrole nitrogens is 1. The molecule has 1 aromatic heterocycles. The highest BCUT2D eigenvalue weighted by atomic mass is 32.2. The maximum Gasteiger partial charge on any atom is 0.250 e. The van der Waals surface area contributed by atoms with Crippen LogP contribution in [0.4, 0.5) is 0 Å². The molecule has 198 valence electrons. The fourth-order valence-corrected chi connectivity index (χ4v) is 7.14. The maximum absolute atomic E-state index is 12.5. The Kier molecular flexibility index (Phi) is 6.71. The summed E-state index contributed by atoms with van der Waals surface area (Å²) in [5, 5.41) is 0.998. The molecule has 8 heteroatoms. The third kappa shape index (κ3) is 5.19. The number of piperidine rings is 1. The molecule has 1 fully saturated rings. The lowest BCUT2D eigenvalue weighted by Crippen LogP contribution is -2.38. The van der Waals surface area contributed by atoms with Crippen LogP contribution in [0.5, 0.6) is 0 Å². The molecule has 2 aromatic carbocycles. The first-order valence-electron chi connectivity index (χ1n) is 13.2. The third-order valence-corrected chi connectivity index (χ3v) is 9.65. The van der Waals surface area contributed by atoms with Crippen LogP contribution in [0.3, 0.4) is 0 Å². The van der Waals surface area contributed by atoms with Gasteiger partial charge in [-0.25, -0.2) is 12.7 Å². The van der Waals surface area contributed by atoms with E-state index < -0.39 is 15.9 Å². The summed E-state index contributed by atoms with van der Waals surface area (Å²) >= 11 is 0. The monoisotopic (exact) mass is 522 g/mol. The largest absolute Gasteiger partial charge is 0.366 e. The average Bonchev–Trinajstić information content (AvgIpc) is 3.45. The molecule has 3 aromatic rings. The number of fused-ring (bicyclic) bond motifs is 2. The van der Waals surface area contributed by atoms with Crippen LogP contribution in [0, 0.1) is 5.41 Å². The van der Waals surface area contributed by atoms with Crippen LogP contribution >= 0.6 is 0 Å². The molecule has 3 N–H and O–H groups in total. The van der Waals surface area contributed by atoms with Crippen LogP contribution in [0.25, 0.3) is 22.0 Å². The molecule has 0 aliphatic carbocycles. The zero-order valence-electron chi connectivity index (χ0n) is 22.3. The van der Waals surface area contributed by atoms with Crippen LogP contribution in [0.2, 0.25) is 0 Å². The Hall–Kier alpha value is -2.68. The van der Waals surface area contributed by atoms with E-state index in [-0.39, 0.29) is 17.1 Å². The average molecular weight is 523 g/mol. The van der Waals surface area contributed by atoms with E-state index in [2.05, 4.69) is 54.9 Å². The van der Waals surface area contributed by atoms with Crippen LogP contribution in [-0.4, -0.2) is 53.9 Å². The second-order valence-electron chi connectivity index (χ2n) is 11.8. The molecule has 2 aliphatic rings. The number of hydrogen-bond acceptors (Lipinski definition) is 4. The standard InChI is InChI=1S/C29H38N4O3S/c1-5-37(35,36)33-10-8-19(9-11-33)26-15-31-27-24(26)13-22(14-25(27)28(30)34)20-6-7-21-16-32(17-23(21)12-20)18-29(2,3)4/h6-7,12-15,19,31H,5,8-11,16-18H2,1-4H3,(H2,30,34). The van der Waals surface area contributed by atoms with Crippen LogP contribution in [0.1, 0.15) is 73.5 Å². The van der Waals surface area contributed by atoms with Gasteiger partial charge in [-0.15, -0.1) is 0 Å². The summed E-state index contributed by atoms with van der Waals surface area (Å²) in [6.07, 6.45) is 3.48. The van der Waals surface area contributed by atoms with Gasteiger partial charge in [0.05, 0.1) is 16.8 Å². The Balaban J connectivity index is 1.47. The molecule has 0 atom stereocenters. The molecular formula is C29H38N4O3S. The van der Waals surface area contributed by atoms with Crippen molar-refractivity contribution in [1.29, 1.82) is 0 Å². The van der Waals surface area contributed by atoms with Crippen molar-refractivity contribution in [2.45, 2.75) is 59.5 Å². The molecule has 7 nitrogen and oxygen atoms in total. The topological polar surface area (TPSA) is 99.5 Å². The van der Waals surface area contributed by atoms with Crippen LogP contribution in [-0.2, 0) is 23.1 Å². The Bertz CT molecular complexity index is 1440. The van der Waals surface area contributed by atoms with E-state index >= 15 is 0 Å². The lowest BCUT2D eigenvalue weighted by atomic mass is 9.88. The minimum absolute atomic E-state index is 0.130. The molecule has 0 saturated carbocycles. The highest BCUT2D eigenvalue weighted by Crippen LogP contribution is 2.38. The summed E-state index contributed by atoms with van der Waals surface area (Å²) < 4.78 is 26.2. The molecule has 2 aliphatic heterocycles. The molecule has 37 heavy (non-hydrogen) atoms. The molecule has 3 heterocycles. The number of aromatic nitrogens is 1. The van der Waals surface area contributed by atoms with E-state index in [1.165, 1.54) is 11.1 Å². The summed E-state index contributed by atoms with van der Waals surface area (Å²) in [5.74, 6) is -0.106. The van der Waals surface area contributed by atoms with E-state index in [1.54, 1.807) is 11.2 Å². The minimum atomic E-state index is -3.18. The lowest BCUT2D eigenvalue weighted by molar-refractivity contribution is 0.100. The van der Waals surface area contributed by atoms with Gasteiger partial charge < -0.3 is 10.7 Å². The van der Waals surface area contributed by atoms with E-state index in [0.29, 0.717) is 18.7 Å². The van der Waals surface area contributed by atoms with Crippen molar-refractivity contribution in [3.05, 3.63) is 58.8 Å². The molecule has 0 bridgehead atoms. The number of hydrogen-bond donors (Lipinski definition) is 2. The number of aromatic amines is 1. The zero-order valence-corrected chi connectivity index (χ0v) is 23.1. The highest BCUT2D eigenvalue weighted by Gasteiger charge is 2.29. The van der Waals surface area contributed by atoms with E-state index in [9.17, 15) is 13.2 Å². The van der Waals surface area contributed by atoms with Gasteiger partial charge in [0, 0.05) is 44.3 Å². The Morgan fingerprint density at radius 1 is 1.05 bits per heavy atom. The van der Waals surface area contributed by atoms with Crippen molar-refractivity contribution in [1.82, 2.24) is 14.2 Å². The Labute approximate surface area is 220 Å². The van der Waals surface area contributed by atoms with Gasteiger partial charge in [0.1, 0.15) is 0 Å². The second kappa shape index (κ2) is 9.57. The van der Waals surface area contributed by atoms with Gasteiger partial charge in [-0.2, -0.15) is 0 Å². The van der Waals surface area contributed by atoms with Crippen molar-refractivity contribution < 1.29 is 13.2 Å². The van der Waals surface area contributed by atoms with Gasteiger partial charge in [-0.3, -0.25) is 9.69 Å². The number of primary amides is 1. The molecule has 5 rings (SSSR count). The van der Waals surface area contributed by atoms with Gasteiger partial charge in [0.25, 0.3) is 5.91 Å². The number of benzene rings is 2. The lowest BCUT2D eigenvalue weighted by Gasteiger charge is -2.31. The fourth-order valence-electron chi connectivity index (χ4n) is 6.01. The van der Waals surface area contributed by atoms with E-state index in [1.807, 2.05) is 12.3 Å². The smallest absolute Gasteiger partial charge is 0.250 e. The Morgan fingerprint density at radius 3 is 2.41 bits per heavy atom. The predicted octanol–water partition coefficient (Wildman–Crippen LogP) is 4.82. The van der Waals surface area contributed by atoms with Gasteiger partial charge in [0.2, 0.25) is 10.0 Å². The second-order valence-corrected chi connectivity index (χ2v) is 14.1. The SMILES string of the molecule is CCS(=O)(=O)N1CCC(c2c[nH]c3c(C(N)=O)cc(-c4ccc5c(c4)CN(CC(C)(C)C)C5)cc23)CC1. The number of nitrogens with zero attached hydrogens (tertiary/aromatic N) is 2. The van der Waals surface area contributed by atoms with Crippen molar-refractivity contribution in [2.75, 3.05) is 25.4 Å². The molecule has 0 radical (unpaired) electrons. The van der Waals surface area contributed by atoms with Gasteiger partial charge in [-0.05, 0) is 77.1 Å². The number of nitrogens with two attached hydrogens (primary N) is 1. The predicted molar refractivity (Wildman–Crippen MR) is 149 cm³/mol. The van der Waals surface area contributed by atoms with Crippen LogP contribution in [0.15, 0.2) is 36.5 Å². The number of rotatable bonds is 6. The van der Waals surface area contributed by atoms with Crippen molar-refractivity contribution in [3.8, 4) is 11.1 Å². The summed E-state index contributed by atoms with van der Waals surface area (Å²) in [6, 6.07) is 10.7. The molecule has 0 unspecified atom stereocenters. The van der Waals surface area contributed by atoms with Crippen molar-refractivity contribution >= 4 is 26.8 Å². The first kappa shape index (κ1) is 25.9. The van der Waals surface area contributed by atoms with Crippen molar-refractivity contribution in [3.63, 3.8) is 0 Å². The number of nitrogens with one attached hydrogen (secondary N) is 1. The number of sulfonamides is 1. The number of carbonyl (C=O) groups excluding carboxylic acids is 1. The number of carbonyl (C=O) groups is 1. The summed E-state index contributed by atoms with van der Waals surface area (Å²) in [6.45, 7) is 12.5. The van der Waals surface area contributed by atoms with E-state index in [4.69, 9.17) is 5.73 Å². The highest BCUT2D eigenvalue weighted by molar-refractivity contribution is 7.89. The first-order chi connectivity index (χ1) is 17.4. The number of amides is 1. The van der Waals surface area contributed by atoms with Gasteiger partial charge in [-0.1, -0.05) is 32.9 Å². The molecule has 0 spiro atoms. The molecule has 1 saturated heterocycles. The maximum atomic E-state index is 12.5. The minimum Gasteiger partial charge on any atom is -0.366 e. The first-order valence-corrected chi connectivity index (χ1v) is 14.8. The van der Waals surface area contributed by atoms with Crippen molar-refractivity contribution in [2.24, 2.45) is 11.1 Å². The van der Waals surface area contributed by atoms with Gasteiger partial charge in [0.15, 0.2) is 0 Å². The van der Waals surface area contributed by atoms with Crippen LogP contribution < -0.4 is 5.73 Å². The quantitative estimate of drug-likeness (QED) is 0.485. The normalized spacial score (nSPS) is 17.9. The summed E-state index contributed by atoms with van der Waals surface area (Å²) in [5.41, 5.74) is 13.2. The van der Waals surface area contributed by atoms with E-state index in [0.717, 1.165) is 60.1 Å². The molecule has 1 amide bonds. The Morgan fingerprint density at radius 2 is 1.76 bits per heavy atom. The zero-order chi connectivity index (χ0) is 26.5.